The van der Waals surface area contributed by atoms with Crippen LogP contribution < -0.4 is 9.47 Å². The molecule has 5 rings (SSSR count). The van der Waals surface area contributed by atoms with Crippen molar-refractivity contribution in [3.8, 4) is 22.8 Å². The molecule has 0 saturated carbocycles. The van der Waals surface area contributed by atoms with Crippen molar-refractivity contribution in [1.82, 2.24) is 4.98 Å². The second-order valence-electron chi connectivity index (χ2n) is 9.96. The van der Waals surface area contributed by atoms with Gasteiger partial charge in [0.25, 0.3) is 0 Å². The molecule has 0 fully saturated rings. The van der Waals surface area contributed by atoms with Gasteiger partial charge in [0.2, 0.25) is 0 Å². The van der Waals surface area contributed by atoms with E-state index in [0.717, 1.165) is 57.6 Å². The fraction of sp³-hybridized carbons (Fsp3) is 0.229. The molecule has 0 spiro atoms. The highest BCUT2D eigenvalue weighted by Crippen LogP contribution is 2.36. The first kappa shape index (κ1) is 27.1. The van der Waals surface area contributed by atoms with Gasteiger partial charge in [-0.1, -0.05) is 68.4 Å². The number of aliphatic carboxylic acids is 1. The Balaban J connectivity index is 1.41. The van der Waals surface area contributed by atoms with Crippen LogP contribution in [0.2, 0.25) is 0 Å². The van der Waals surface area contributed by atoms with Crippen LogP contribution in [0, 0.1) is 0 Å². The molecule has 40 heavy (non-hydrogen) atoms. The van der Waals surface area contributed by atoms with Crippen molar-refractivity contribution in [1.29, 1.82) is 0 Å². The lowest BCUT2D eigenvalue weighted by Crippen LogP contribution is -2.10. The quantitative estimate of drug-likeness (QED) is 0.158. The van der Waals surface area contributed by atoms with E-state index in [-0.39, 0.29) is 12.5 Å². The summed E-state index contributed by atoms with van der Waals surface area (Å²) in [6.45, 7) is 4.71. The van der Waals surface area contributed by atoms with E-state index in [9.17, 15) is 4.79 Å². The van der Waals surface area contributed by atoms with Crippen molar-refractivity contribution < 1.29 is 19.4 Å². The number of carbonyl (C=O) groups is 1. The molecule has 0 aliphatic heterocycles. The number of fused-ring (bicyclic) bond motifs is 1. The predicted molar refractivity (Wildman–Crippen MR) is 160 cm³/mol. The van der Waals surface area contributed by atoms with Gasteiger partial charge >= 0.3 is 5.97 Å². The summed E-state index contributed by atoms with van der Waals surface area (Å²) < 4.78 is 12.5. The van der Waals surface area contributed by atoms with Crippen LogP contribution in [0.15, 0.2) is 97.1 Å². The standard InChI is InChI=1S/C35H35NO4/c1-3-24-10-14-27(15-11-24)35(28-16-12-25(4-2)13-17-28)40-33-8-5-7-31-30(33)23-32(36-31)26-18-20-29(21-19-26)39-22-6-9-34(37)38/h5,7-8,10-21,23,35-36H,3-4,6,9,22H2,1-2H3,(H,37,38). The molecular weight excluding hydrogens is 498 g/mol. The highest BCUT2D eigenvalue weighted by molar-refractivity contribution is 5.91. The normalized spacial score (nSPS) is 11.2. The third-order valence-electron chi connectivity index (χ3n) is 7.22. The van der Waals surface area contributed by atoms with Crippen LogP contribution in [0.3, 0.4) is 0 Å². The first-order chi connectivity index (χ1) is 19.5. The number of aromatic amines is 1. The number of nitrogens with one attached hydrogen (secondary N) is 1. The van der Waals surface area contributed by atoms with Crippen molar-refractivity contribution >= 4 is 16.9 Å². The molecule has 204 valence electrons. The summed E-state index contributed by atoms with van der Waals surface area (Å²) in [5, 5.41) is 9.81. The van der Waals surface area contributed by atoms with E-state index >= 15 is 0 Å². The van der Waals surface area contributed by atoms with Gasteiger partial charge in [-0.2, -0.15) is 0 Å². The lowest BCUT2D eigenvalue weighted by Gasteiger charge is -2.21. The Kier molecular flexibility index (Phi) is 8.50. The second kappa shape index (κ2) is 12.6. The summed E-state index contributed by atoms with van der Waals surface area (Å²) in [6, 6.07) is 33.5. The number of carboxylic acid groups (broad SMARTS) is 1. The minimum absolute atomic E-state index is 0.104. The maximum absolute atomic E-state index is 10.7. The third kappa shape index (κ3) is 6.37. The summed E-state index contributed by atoms with van der Waals surface area (Å²) in [4.78, 5) is 14.2. The largest absolute Gasteiger partial charge is 0.494 e. The number of H-pyrrole nitrogens is 1. The topological polar surface area (TPSA) is 71.5 Å². The fourth-order valence-corrected chi connectivity index (χ4v) is 4.84. The van der Waals surface area contributed by atoms with Gasteiger partial charge < -0.3 is 19.6 Å². The second-order valence-corrected chi connectivity index (χ2v) is 9.96. The van der Waals surface area contributed by atoms with Crippen molar-refractivity contribution in [3.63, 3.8) is 0 Å². The van der Waals surface area contributed by atoms with E-state index < -0.39 is 5.97 Å². The van der Waals surface area contributed by atoms with E-state index in [2.05, 4.69) is 79.5 Å². The smallest absolute Gasteiger partial charge is 0.303 e. The Morgan fingerprint density at radius 2 is 1.45 bits per heavy atom. The summed E-state index contributed by atoms with van der Waals surface area (Å²) in [6.07, 6.45) is 2.35. The Labute approximate surface area is 235 Å². The molecule has 0 aliphatic rings. The zero-order valence-corrected chi connectivity index (χ0v) is 23.0. The van der Waals surface area contributed by atoms with E-state index in [1.165, 1.54) is 11.1 Å². The van der Waals surface area contributed by atoms with Crippen molar-refractivity contribution in [2.24, 2.45) is 0 Å². The van der Waals surface area contributed by atoms with E-state index in [0.29, 0.717) is 13.0 Å². The molecule has 2 N–H and O–H groups in total. The number of hydrogen-bond donors (Lipinski definition) is 2. The van der Waals surface area contributed by atoms with Gasteiger partial charge in [0.1, 0.15) is 17.6 Å². The fourth-order valence-electron chi connectivity index (χ4n) is 4.84. The van der Waals surface area contributed by atoms with Crippen molar-refractivity contribution in [2.45, 2.75) is 45.6 Å². The monoisotopic (exact) mass is 533 g/mol. The number of carboxylic acids is 1. The lowest BCUT2D eigenvalue weighted by molar-refractivity contribution is -0.137. The number of ether oxygens (including phenoxy) is 2. The van der Waals surface area contributed by atoms with Crippen LogP contribution in [-0.2, 0) is 17.6 Å². The number of rotatable bonds is 12. The van der Waals surface area contributed by atoms with Gasteiger partial charge in [0.05, 0.1) is 6.61 Å². The summed E-state index contributed by atoms with van der Waals surface area (Å²) in [7, 11) is 0. The maximum atomic E-state index is 10.7. The molecule has 5 nitrogen and oxygen atoms in total. The van der Waals surface area contributed by atoms with Crippen molar-refractivity contribution in [2.75, 3.05) is 6.61 Å². The molecule has 4 aromatic carbocycles. The summed E-state index contributed by atoms with van der Waals surface area (Å²) in [5.74, 6) is 0.735. The van der Waals surface area contributed by atoms with Crippen LogP contribution in [0.1, 0.15) is 55.0 Å². The van der Waals surface area contributed by atoms with Crippen LogP contribution in [-0.4, -0.2) is 22.7 Å². The molecule has 5 aromatic rings. The van der Waals surface area contributed by atoms with Gasteiger partial charge in [-0.25, -0.2) is 0 Å². The average molecular weight is 534 g/mol. The lowest BCUT2D eigenvalue weighted by atomic mass is 9.98. The number of benzene rings is 4. The zero-order valence-electron chi connectivity index (χ0n) is 23.0. The van der Waals surface area contributed by atoms with Crippen LogP contribution in [0.5, 0.6) is 11.5 Å². The van der Waals surface area contributed by atoms with Crippen LogP contribution in [0.25, 0.3) is 22.2 Å². The molecule has 0 aliphatic carbocycles. The molecule has 1 heterocycles. The molecule has 5 heteroatoms. The number of aryl methyl sites for hydroxylation is 2. The zero-order chi connectivity index (χ0) is 27.9. The molecule has 0 bridgehead atoms. The Bertz CT molecular complexity index is 1500. The van der Waals surface area contributed by atoms with Gasteiger partial charge in [-0.15, -0.1) is 0 Å². The van der Waals surface area contributed by atoms with Gasteiger partial charge in [-0.3, -0.25) is 4.79 Å². The van der Waals surface area contributed by atoms with Gasteiger partial charge in [0.15, 0.2) is 0 Å². The number of hydrogen-bond acceptors (Lipinski definition) is 3. The molecule has 0 saturated heterocycles. The highest BCUT2D eigenvalue weighted by atomic mass is 16.5. The first-order valence-electron chi connectivity index (χ1n) is 13.9. The molecular formula is C35H35NO4. The summed E-state index contributed by atoms with van der Waals surface area (Å²) in [5.41, 5.74) is 7.86. The van der Waals surface area contributed by atoms with Gasteiger partial charge in [-0.05, 0) is 89.5 Å². The molecule has 0 radical (unpaired) electrons. The SMILES string of the molecule is CCc1ccc(C(Oc2cccc3[nH]c(-c4ccc(OCCCC(=O)O)cc4)cc23)c2ccc(CC)cc2)cc1. The third-order valence-corrected chi connectivity index (χ3v) is 7.22. The van der Waals surface area contributed by atoms with E-state index in [1.807, 2.05) is 36.4 Å². The Morgan fingerprint density at radius 3 is 2.02 bits per heavy atom. The summed E-state index contributed by atoms with van der Waals surface area (Å²) >= 11 is 0. The average Bonchev–Trinajstić information content (AvgIpc) is 3.44. The molecule has 1 aromatic heterocycles. The maximum Gasteiger partial charge on any atom is 0.303 e. The first-order valence-corrected chi connectivity index (χ1v) is 13.9. The Morgan fingerprint density at radius 1 is 0.825 bits per heavy atom. The minimum atomic E-state index is -0.809. The molecule has 0 unspecified atom stereocenters. The Hall–Kier alpha value is -4.51. The van der Waals surface area contributed by atoms with Crippen molar-refractivity contribution in [3.05, 3.63) is 119 Å². The van der Waals surface area contributed by atoms with Crippen LogP contribution in [0.4, 0.5) is 0 Å². The van der Waals surface area contributed by atoms with Crippen LogP contribution >= 0.6 is 0 Å². The minimum Gasteiger partial charge on any atom is -0.494 e. The highest BCUT2D eigenvalue weighted by Gasteiger charge is 2.19. The molecule has 0 atom stereocenters. The molecule has 0 amide bonds. The van der Waals surface area contributed by atoms with E-state index in [1.54, 1.807) is 0 Å². The van der Waals surface area contributed by atoms with Gasteiger partial charge in [0, 0.05) is 23.0 Å². The predicted octanol–water partition coefficient (Wildman–Crippen LogP) is 8.37. The number of aromatic nitrogens is 1. The van der Waals surface area contributed by atoms with E-state index in [4.69, 9.17) is 14.6 Å².